The zero-order valence-electron chi connectivity index (χ0n) is 18.9. The Hall–Kier alpha value is -3.24. The molecule has 0 radical (unpaired) electrons. The van der Waals surface area contributed by atoms with Crippen molar-refractivity contribution in [2.45, 2.75) is 32.0 Å². The Labute approximate surface area is 204 Å². The van der Waals surface area contributed by atoms with Gasteiger partial charge in [-0.15, -0.1) is 0 Å². The Balaban J connectivity index is 1.63. The fourth-order valence-corrected chi connectivity index (χ4v) is 4.42. The predicted octanol–water partition coefficient (Wildman–Crippen LogP) is 4.81. The average molecular weight is 510 g/mol. The quantitative estimate of drug-likeness (QED) is 0.576. The highest BCUT2D eigenvalue weighted by Gasteiger charge is 2.35. The van der Waals surface area contributed by atoms with Gasteiger partial charge in [-0.2, -0.15) is 13.2 Å². The lowest BCUT2D eigenvalue weighted by molar-refractivity contribution is -0.141. The number of anilines is 2. The number of carbonyl (C=O) groups excluding carboxylic acids is 1. The molecule has 2 aromatic carbocycles. The van der Waals surface area contributed by atoms with Crippen molar-refractivity contribution < 1.29 is 32.6 Å². The summed E-state index contributed by atoms with van der Waals surface area (Å²) >= 11 is 5.96. The van der Waals surface area contributed by atoms with Gasteiger partial charge in [0.1, 0.15) is 19.0 Å². The number of carboxylic acids is 1. The summed E-state index contributed by atoms with van der Waals surface area (Å²) in [6.07, 6.45) is -3.50. The number of halogens is 4. The normalized spacial score (nSPS) is 19.4. The molecule has 7 nitrogen and oxygen atoms in total. The van der Waals surface area contributed by atoms with E-state index in [0.717, 1.165) is 28.8 Å². The number of ether oxygens (including phenoxy) is 1. The van der Waals surface area contributed by atoms with Crippen LogP contribution in [0.3, 0.4) is 0 Å². The van der Waals surface area contributed by atoms with Crippen LogP contribution in [0.4, 0.5) is 24.5 Å². The molecule has 0 saturated carbocycles. The molecule has 2 aliphatic rings. The second-order valence-corrected chi connectivity index (χ2v) is 9.40. The second-order valence-electron chi connectivity index (χ2n) is 9.03. The first kappa shape index (κ1) is 24.9. The molecule has 0 aromatic heterocycles. The third-order valence-electron chi connectivity index (χ3n) is 6.04. The maximum absolute atomic E-state index is 13.2. The minimum Gasteiger partial charge on any atom is -0.477 e. The van der Waals surface area contributed by atoms with Crippen LogP contribution in [-0.2, 0) is 32.5 Å². The summed E-state index contributed by atoms with van der Waals surface area (Å²) in [4.78, 5) is 27.5. The second kappa shape index (κ2) is 9.09. The van der Waals surface area contributed by atoms with Crippen LogP contribution in [0, 0.1) is 0 Å². The summed E-state index contributed by atoms with van der Waals surface area (Å²) in [6.45, 7) is 4.18. The summed E-state index contributed by atoms with van der Waals surface area (Å²) in [6, 6.07) is 8.98. The van der Waals surface area contributed by atoms with Gasteiger partial charge in [0, 0.05) is 36.1 Å². The van der Waals surface area contributed by atoms with Crippen molar-refractivity contribution in [3.8, 4) is 0 Å². The number of carboxylic acid groups (broad SMARTS) is 1. The number of hydrogen-bond donors (Lipinski definition) is 2. The van der Waals surface area contributed by atoms with Gasteiger partial charge < -0.3 is 25.0 Å². The maximum Gasteiger partial charge on any atom is 0.417 e. The number of aliphatic carboxylic acids is 1. The molecule has 2 aromatic rings. The molecule has 35 heavy (non-hydrogen) atoms. The molecule has 0 bridgehead atoms. The van der Waals surface area contributed by atoms with Crippen molar-refractivity contribution in [2.75, 3.05) is 30.2 Å². The molecule has 0 saturated heterocycles. The molecule has 0 atom stereocenters. The molecule has 11 heteroatoms. The van der Waals surface area contributed by atoms with Crippen LogP contribution in [0.1, 0.15) is 30.5 Å². The minimum absolute atomic E-state index is 0.0212. The van der Waals surface area contributed by atoms with Crippen LogP contribution in [0.5, 0.6) is 0 Å². The van der Waals surface area contributed by atoms with Gasteiger partial charge in [0.2, 0.25) is 0 Å². The predicted molar refractivity (Wildman–Crippen MR) is 124 cm³/mol. The fourth-order valence-electron chi connectivity index (χ4n) is 4.13. The Morgan fingerprint density at radius 2 is 1.97 bits per heavy atom. The minimum atomic E-state index is -4.67. The number of fused-ring (bicyclic) bond motifs is 1. The number of alkyl halides is 3. The Morgan fingerprint density at radius 1 is 1.23 bits per heavy atom. The van der Waals surface area contributed by atoms with E-state index in [4.69, 9.17) is 16.3 Å². The molecule has 0 unspecified atom stereocenters. The Kier molecular flexibility index (Phi) is 6.46. The number of carbonyl (C=O) groups is 2. The van der Waals surface area contributed by atoms with Crippen molar-refractivity contribution in [1.82, 2.24) is 4.90 Å². The maximum atomic E-state index is 13.2. The SMILES string of the molecule is CC1(C)CNc2cc(N3/C=C(/C(=O)O)C(=O)N(Cc4cccc(C(F)(F)F)c4Cl)COC3)ccc21. The molecule has 0 spiro atoms. The van der Waals surface area contributed by atoms with E-state index in [2.05, 4.69) is 19.2 Å². The highest BCUT2D eigenvalue weighted by molar-refractivity contribution is 6.32. The summed E-state index contributed by atoms with van der Waals surface area (Å²) < 4.78 is 45.3. The van der Waals surface area contributed by atoms with E-state index in [1.54, 1.807) is 0 Å². The zero-order valence-corrected chi connectivity index (χ0v) is 19.7. The van der Waals surface area contributed by atoms with Crippen molar-refractivity contribution in [3.05, 3.63) is 69.9 Å². The molecule has 1 amide bonds. The molecule has 2 N–H and O–H groups in total. The van der Waals surface area contributed by atoms with E-state index in [1.807, 2.05) is 18.2 Å². The number of benzene rings is 2. The third-order valence-corrected chi connectivity index (χ3v) is 6.49. The molecule has 2 aliphatic heterocycles. The number of rotatable bonds is 4. The van der Waals surface area contributed by atoms with Crippen LogP contribution in [-0.4, -0.2) is 41.9 Å². The van der Waals surface area contributed by atoms with Gasteiger partial charge in [0.25, 0.3) is 5.91 Å². The van der Waals surface area contributed by atoms with E-state index in [9.17, 15) is 27.9 Å². The Bertz CT molecular complexity index is 1210. The largest absolute Gasteiger partial charge is 0.477 e. The average Bonchev–Trinajstić information content (AvgIpc) is 3.07. The van der Waals surface area contributed by atoms with E-state index < -0.39 is 34.2 Å². The standard InChI is InChI=1S/C24H23ClF3N3O4/c1-23(2)11-29-19-8-15(6-7-17(19)23)30-10-16(22(33)34)21(32)31(13-35-12-30)9-14-4-3-5-18(20(14)25)24(26,27)28/h3-8,10,29H,9,11-13H2,1-2H3,(H,33,34)/b16-10+. The first-order valence-electron chi connectivity index (χ1n) is 10.7. The first-order chi connectivity index (χ1) is 16.4. The van der Waals surface area contributed by atoms with Crippen molar-refractivity contribution in [3.63, 3.8) is 0 Å². The summed E-state index contributed by atoms with van der Waals surface area (Å²) in [7, 11) is 0. The number of amides is 1. The third kappa shape index (κ3) is 4.94. The molecular formula is C24H23ClF3N3O4. The first-order valence-corrected chi connectivity index (χ1v) is 11.1. The zero-order chi connectivity index (χ0) is 25.5. The van der Waals surface area contributed by atoms with E-state index in [1.165, 1.54) is 23.2 Å². The van der Waals surface area contributed by atoms with Gasteiger partial charge in [0.05, 0.1) is 10.6 Å². The lowest BCUT2D eigenvalue weighted by Gasteiger charge is -2.30. The highest BCUT2D eigenvalue weighted by Crippen LogP contribution is 2.39. The van der Waals surface area contributed by atoms with Crippen molar-refractivity contribution in [1.29, 1.82) is 0 Å². The summed E-state index contributed by atoms with van der Waals surface area (Å²) in [5, 5.41) is 12.5. The van der Waals surface area contributed by atoms with E-state index in [0.29, 0.717) is 5.69 Å². The molecule has 4 rings (SSSR count). The van der Waals surface area contributed by atoms with Crippen LogP contribution in [0.15, 0.2) is 48.2 Å². The lowest BCUT2D eigenvalue weighted by atomic mass is 9.87. The number of hydrogen-bond acceptors (Lipinski definition) is 5. The van der Waals surface area contributed by atoms with Gasteiger partial charge in [0.15, 0.2) is 0 Å². The van der Waals surface area contributed by atoms with Crippen LogP contribution in [0.25, 0.3) is 0 Å². The van der Waals surface area contributed by atoms with E-state index in [-0.39, 0.29) is 31.0 Å². The van der Waals surface area contributed by atoms with Gasteiger partial charge in [-0.05, 0) is 29.3 Å². The van der Waals surface area contributed by atoms with Gasteiger partial charge in [-0.3, -0.25) is 4.79 Å². The Morgan fingerprint density at radius 3 is 2.66 bits per heavy atom. The topological polar surface area (TPSA) is 82.1 Å². The van der Waals surface area contributed by atoms with Gasteiger partial charge >= 0.3 is 12.1 Å². The van der Waals surface area contributed by atoms with Crippen LogP contribution >= 0.6 is 11.6 Å². The molecule has 186 valence electrons. The van der Waals surface area contributed by atoms with E-state index >= 15 is 0 Å². The molecule has 0 fully saturated rings. The van der Waals surface area contributed by atoms with Crippen LogP contribution in [0.2, 0.25) is 5.02 Å². The summed E-state index contributed by atoms with van der Waals surface area (Å²) in [5.74, 6) is -2.38. The fraction of sp³-hybridized carbons (Fsp3) is 0.333. The molecule has 0 aliphatic carbocycles. The van der Waals surface area contributed by atoms with Gasteiger partial charge in [-0.1, -0.05) is 43.6 Å². The van der Waals surface area contributed by atoms with Gasteiger partial charge in [-0.25, -0.2) is 4.79 Å². The summed E-state index contributed by atoms with van der Waals surface area (Å²) in [5.41, 5.74) is 1.03. The van der Waals surface area contributed by atoms with Crippen molar-refractivity contribution in [2.24, 2.45) is 0 Å². The molecular weight excluding hydrogens is 487 g/mol. The highest BCUT2D eigenvalue weighted by atomic mass is 35.5. The number of nitrogens with one attached hydrogen (secondary N) is 1. The van der Waals surface area contributed by atoms with Crippen LogP contribution < -0.4 is 10.2 Å². The number of nitrogens with zero attached hydrogens (tertiary/aromatic N) is 2. The monoisotopic (exact) mass is 509 g/mol. The smallest absolute Gasteiger partial charge is 0.417 e. The lowest BCUT2D eigenvalue weighted by Crippen LogP contribution is -2.40. The van der Waals surface area contributed by atoms with Crippen molar-refractivity contribution >= 4 is 34.9 Å². The molecule has 2 heterocycles.